The molecule has 0 bridgehead atoms. The van der Waals surface area contributed by atoms with E-state index in [1.807, 2.05) is 6.92 Å². The molecule has 3 aromatic rings. The van der Waals surface area contributed by atoms with Crippen molar-refractivity contribution in [3.05, 3.63) is 51.4 Å². The van der Waals surface area contributed by atoms with E-state index in [4.69, 9.17) is 6.42 Å². The lowest BCUT2D eigenvalue weighted by Crippen LogP contribution is -2.12. The molecule has 0 amide bonds. The normalized spacial score (nSPS) is 15.2. The van der Waals surface area contributed by atoms with Crippen LogP contribution in [0.4, 0.5) is 0 Å². The predicted octanol–water partition coefficient (Wildman–Crippen LogP) is 3.73. The van der Waals surface area contributed by atoms with Crippen molar-refractivity contribution >= 4 is 5.65 Å². The van der Waals surface area contributed by atoms with E-state index >= 15 is 0 Å². The summed E-state index contributed by atoms with van der Waals surface area (Å²) in [6.45, 7) is 1.99. The molecule has 1 aliphatic carbocycles. The van der Waals surface area contributed by atoms with Gasteiger partial charge in [-0.05, 0) is 43.9 Å². The number of phenols is 1. The lowest BCUT2D eigenvalue weighted by molar-refractivity contribution is 0.444. The highest BCUT2D eigenvalue weighted by Gasteiger charge is 2.24. The van der Waals surface area contributed by atoms with E-state index < -0.39 is 0 Å². The number of aryl methyl sites for hydroxylation is 1. The largest absolute Gasteiger partial charge is 0.507 e. The highest BCUT2D eigenvalue weighted by molar-refractivity contribution is 5.71. The van der Waals surface area contributed by atoms with Gasteiger partial charge in [0, 0.05) is 22.8 Å². The first-order chi connectivity index (χ1) is 12.6. The summed E-state index contributed by atoms with van der Waals surface area (Å²) in [6, 6.07) is 6.48. The minimum atomic E-state index is -0.204. The summed E-state index contributed by atoms with van der Waals surface area (Å²) in [5.41, 5.74) is 4.28. The van der Waals surface area contributed by atoms with E-state index in [1.54, 1.807) is 16.6 Å². The average Bonchev–Trinajstić information content (AvgIpc) is 2.97. The Bertz CT molecular complexity index is 1080. The molecule has 2 N–H and O–H groups in total. The minimum Gasteiger partial charge on any atom is -0.507 e. The fourth-order valence-corrected chi connectivity index (χ4v) is 4.08. The molecule has 26 heavy (non-hydrogen) atoms. The van der Waals surface area contributed by atoms with Crippen LogP contribution in [0.2, 0.25) is 0 Å². The first kappa shape index (κ1) is 16.5. The number of fused-ring (bicyclic) bond motifs is 1. The van der Waals surface area contributed by atoms with Crippen molar-refractivity contribution in [1.82, 2.24) is 14.6 Å². The molecule has 0 spiro atoms. The molecule has 0 atom stereocenters. The fraction of sp³-hybridized carbons (Fsp3) is 0.333. The van der Waals surface area contributed by atoms with Gasteiger partial charge in [-0.3, -0.25) is 4.79 Å². The maximum atomic E-state index is 12.3. The molecule has 0 saturated heterocycles. The average molecular weight is 347 g/mol. The standard InChI is InChI=1S/C21H21N3O2/c1-3-14-9-10-16(18(25)11-14)17-12-19(26)22-21-20(13(2)23-24(17)21)15-7-5-4-6-8-15/h1,9-12,15,25H,4-8H2,2H3,(H,22,26). The van der Waals surface area contributed by atoms with E-state index in [0.717, 1.165) is 29.7 Å². The second-order valence-electron chi connectivity index (χ2n) is 6.99. The summed E-state index contributed by atoms with van der Waals surface area (Å²) < 4.78 is 1.74. The minimum absolute atomic E-state index is 0.0414. The molecule has 1 aromatic carbocycles. The summed E-state index contributed by atoms with van der Waals surface area (Å²) in [7, 11) is 0. The van der Waals surface area contributed by atoms with Crippen LogP contribution in [0.1, 0.15) is 54.8 Å². The molecule has 2 aromatic heterocycles. The van der Waals surface area contributed by atoms with Gasteiger partial charge in [-0.1, -0.05) is 25.2 Å². The van der Waals surface area contributed by atoms with Crippen molar-refractivity contribution in [1.29, 1.82) is 0 Å². The van der Waals surface area contributed by atoms with Gasteiger partial charge in [-0.2, -0.15) is 5.10 Å². The molecule has 0 unspecified atom stereocenters. The zero-order chi connectivity index (χ0) is 18.3. The van der Waals surface area contributed by atoms with Crippen molar-refractivity contribution in [3.8, 4) is 29.4 Å². The predicted molar refractivity (Wildman–Crippen MR) is 101 cm³/mol. The smallest absolute Gasteiger partial charge is 0.251 e. The van der Waals surface area contributed by atoms with Crippen LogP contribution in [0.15, 0.2) is 29.1 Å². The van der Waals surface area contributed by atoms with Crippen LogP contribution in [0, 0.1) is 19.3 Å². The van der Waals surface area contributed by atoms with Gasteiger partial charge in [0.2, 0.25) is 0 Å². The van der Waals surface area contributed by atoms with Gasteiger partial charge in [0.15, 0.2) is 0 Å². The Balaban J connectivity index is 1.95. The summed E-state index contributed by atoms with van der Waals surface area (Å²) >= 11 is 0. The number of aromatic amines is 1. The molecule has 1 saturated carbocycles. The number of aromatic hydroxyl groups is 1. The third-order valence-corrected chi connectivity index (χ3v) is 5.30. The van der Waals surface area contributed by atoms with Crippen LogP contribution in [0.25, 0.3) is 16.9 Å². The zero-order valence-corrected chi connectivity index (χ0v) is 14.7. The van der Waals surface area contributed by atoms with E-state index in [1.165, 1.54) is 31.4 Å². The van der Waals surface area contributed by atoms with Crippen LogP contribution in [0.3, 0.4) is 0 Å². The first-order valence-corrected chi connectivity index (χ1v) is 9.01. The highest BCUT2D eigenvalue weighted by atomic mass is 16.3. The Kier molecular flexibility index (Phi) is 4.04. The summed E-state index contributed by atoms with van der Waals surface area (Å²) in [5, 5.41) is 15.1. The van der Waals surface area contributed by atoms with Crippen molar-refractivity contribution < 1.29 is 5.11 Å². The molecular formula is C21H21N3O2. The van der Waals surface area contributed by atoms with Gasteiger partial charge in [0.1, 0.15) is 11.4 Å². The third kappa shape index (κ3) is 2.68. The van der Waals surface area contributed by atoms with Gasteiger partial charge in [-0.25, -0.2) is 4.52 Å². The van der Waals surface area contributed by atoms with E-state index in [-0.39, 0.29) is 11.3 Å². The molecule has 5 heteroatoms. The van der Waals surface area contributed by atoms with Crippen molar-refractivity contribution in [2.75, 3.05) is 0 Å². The Labute approximate surface area is 151 Å². The number of nitrogens with one attached hydrogen (secondary N) is 1. The molecule has 1 aliphatic rings. The number of phenolic OH excluding ortho intramolecular Hbond substituents is 1. The van der Waals surface area contributed by atoms with E-state index in [9.17, 15) is 9.90 Å². The Morgan fingerprint density at radius 3 is 2.73 bits per heavy atom. The van der Waals surface area contributed by atoms with Gasteiger partial charge < -0.3 is 10.1 Å². The van der Waals surface area contributed by atoms with Crippen LogP contribution in [0.5, 0.6) is 5.75 Å². The maximum absolute atomic E-state index is 12.3. The van der Waals surface area contributed by atoms with Gasteiger partial charge >= 0.3 is 0 Å². The summed E-state index contributed by atoms with van der Waals surface area (Å²) in [6.07, 6.45) is 11.3. The fourth-order valence-electron chi connectivity index (χ4n) is 4.08. The number of rotatable bonds is 2. The number of terminal acetylenes is 1. The lowest BCUT2D eigenvalue weighted by atomic mass is 9.84. The first-order valence-electron chi connectivity index (χ1n) is 9.01. The molecular weight excluding hydrogens is 326 g/mol. The highest BCUT2D eigenvalue weighted by Crippen LogP contribution is 2.37. The van der Waals surface area contributed by atoms with Crippen LogP contribution < -0.4 is 5.56 Å². The van der Waals surface area contributed by atoms with Gasteiger partial charge in [0.05, 0.1) is 11.4 Å². The lowest BCUT2D eigenvalue weighted by Gasteiger charge is -2.21. The molecule has 0 radical (unpaired) electrons. The van der Waals surface area contributed by atoms with Gasteiger partial charge in [0.25, 0.3) is 5.56 Å². The van der Waals surface area contributed by atoms with Crippen molar-refractivity contribution in [2.24, 2.45) is 0 Å². The SMILES string of the molecule is C#Cc1ccc(-c2cc(=O)[nH]c3c(C4CCCCC4)c(C)nn23)c(O)c1. The molecule has 5 nitrogen and oxygen atoms in total. The Morgan fingerprint density at radius 2 is 2.04 bits per heavy atom. The molecule has 2 heterocycles. The van der Waals surface area contributed by atoms with E-state index in [0.29, 0.717) is 22.7 Å². The molecule has 132 valence electrons. The number of nitrogens with zero attached hydrogens (tertiary/aromatic N) is 2. The van der Waals surface area contributed by atoms with Crippen LogP contribution in [-0.2, 0) is 0 Å². The second kappa shape index (κ2) is 6.38. The van der Waals surface area contributed by atoms with Crippen molar-refractivity contribution in [3.63, 3.8) is 0 Å². The quantitative estimate of drug-likeness (QED) is 0.694. The number of benzene rings is 1. The van der Waals surface area contributed by atoms with Crippen molar-refractivity contribution in [2.45, 2.75) is 44.9 Å². The maximum Gasteiger partial charge on any atom is 0.251 e. The number of aromatic nitrogens is 3. The summed E-state index contributed by atoms with van der Waals surface area (Å²) in [5.74, 6) is 2.96. The van der Waals surface area contributed by atoms with Crippen LogP contribution >= 0.6 is 0 Å². The number of hydrogen-bond donors (Lipinski definition) is 2. The van der Waals surface area contributed by atoms with Crippen LogP contribution in [-0.4, -0.2) is 19.7 Å². The second-order valence-corrected chi connectivity index (χ2v) is 6.99. The summed E-state index contributed by atoms with van der Waals surface area (Å²) in [4.78, 5) is 15.3. The number of H-pyrrole nitrogens is 1. The topological polar surface area (TPSA) is 70.4 Å². The van der Waals surface area contributed by atoms with Gasteiger partial charge in [-0.15, -0.1) is 6.42 Å². The third-order valence-electron chi connectivity index (χ3n) is 5.30. The Hall–Kier alpha value is -3.00. The molecule has 4 rings (SSSR count). The number of hydrogen-bond acceptors (Lipinski definition) is 3. The zero-order valence-electron chi connectivity index (χ0n) is 14.7. The Morgan fingerprint density at radius 1 is 1.27 bits per heavy atom. The van der Waals surface area contributed by atoms with E-state index in [2.05, 4.69) is 16.0 Å². The molecule has 0 aliphatic heterocycles. The molecule has 1 fully saturated rings. The monoisotopic (exact) mass is 347 g/mol.